The Labute approximate surface area is 167 Å². The zero-order chi connectivity index (χ0) is 17.9. The average molecular weight is 418 g/mol. The lowest BCUT2D eigenvalue weighted by molar-refractivity contribution is 0.0687. The van der Waals surface area contributed by atoms with Gasteiger partial charge in [-0.05, 0) is 44.0 Å². The third-order valence-electron chi connectivity index (χ3n) is 5.78. The van der Waals surface area contributed by atoms with Gasteiger partial charge >= 0.3 is 0 Å². The third kappa shape index (κ3) is 4.18. The van der Waals surface area contributed by atoms with Crippen LogP contribution in [0.15, 0.2) is 54.6 Å². The van der Waals surface area contributed by atoms with Gasteiger partial charge in [0.1, 0.15) is 5.75 Å². The standard InChI is InChI=1S/C22H27NO2.BrH/c1-17-22(2,19-11-7-12-20(15-19)25-3)13-8-14-23(17)16-21(24)18-9-5-4-6-10-18;/h4-7,9-12,15,17H,8,13-14,16H2,1-3H3;1H. The molecule has 0 N–H and O–H groups in total. The number of piperidine rings is 1. The van der Waals surface area contributed by atoms with Crippen molar-refractivity contribution in [1.29, 1.82) is 0 Å². The number of rotatable bonds is 5. The van der Waals surface area contributed by atoms with Gasteiger partial charge in [-0.15, -0.1) is 17.0 Å². The van der Waals surface area contributed by atoms with Crippen molar-refractivity contribution in [3.63, 3.8) is 0 Å². The van der Waals surface area contributed by atoms with Crippen LogP contribution in [0, 0.1) is 0 Å². The maximum atomic E-state index is 12.6. The fourth-order valence-corrected chi connectivity index (χ4v) is 3.93. The Hall–Kier alpha value is -1.65. The minimum absolute atomic E-state index is 0. The number of likely N-dealkylation sites (tertiary alicyclic amines) is 1. The summed E-state index contributed by atoms with van der Waals surface area (Å²) >= 11 is 0. The predicted molar refractivity (Wildman–Crippen MR) is 112 cm³/mol. The topological polar surface area (TPSA) is 29.5 Å². The molecule has 3 nitrogen and oxygen atoms in total. The van der Waals surface area contributed by atoms with Crippen LogP contribution < -0.4 is 4.74 Å². The fourth-order valence-electron chi connectivity index (χ4n) is 3.93. The van der Waals surface area contributed by atoms with Crippen molar-refractivity contribution >= 4 is 22.8 Å². The smallest absolute Gasteiger partial charge is 0.176 e. The first-order valence-electron chi connectivity index (χ1n) is 9.01. The highest BCUT2D eigenvalue weighted by atomic mass is 79.9. The molecule has 1 saturated heterocycles. The number of hydrogen-bond acceptors (Lipinski definition) is 3. The number of ether oxygens (including phenoxy) is 1. The van der Waals surface area contributed by atoms with Crippen LogP contribution >= 0.6 is 17.0 Å². The molecule has 0 aliphatic carbocycles. The van der Waals surface area contributed by atoms with E-state index in [2.05, 4.69) is 36.9 Å². The monoisotopic (exact) mass is 417 g/mol. The lowest BCUT2D eigenvalue weighted by Crippen LogP contribution is -2.53. The van der Waals surface area contributed by atoms with Gasteiger partial charge in [0.25, 0.3) is 0 Å². The summed E-state index contributed by atoms with van der Waals surface area (Å²) in [5.41, 5.74) is 2.10. The van der Waals surface area contributed by atoms with Gasteiger partial charge in [-0.25, -0.2) is 0 Å². The number of carbonyl (C=O) groups is 1. The molecule has 2 unspecified atom stereocenters. The van der Waals surface area contributed by atoms with Crippen molar-refractivity contribution in [2.24, 2.45) is 0 Å². The molecule has 2 atom stereocenters. The first-order valence-corrected chi connectivity index (χ1v) is 9.01. The summed E-state index contributed by atoms with van der Waals surface area (Å²) in [6, 6.07) is 18.2. The Morgan fingerprint density at radius 1 is 1.19 bits per heavy atom. The Morgan fingerprint density at radius 3 is 2.62 bits per heavy atom. The molecule has 1 aliphatic heterocycles. The summed E-state index contributed by atoms with van der Waals surface area (Å²) in [7, 11) is 1.70. The van der Waals surface area contributed by atoms with E-state index in [9.17, 15) is 4.79 Å². The van der Waals surface area contributed by atoms with Crippen LogP contribution in [0.1, 0.15) is 42.6 Å². The van der Waals surface area contributed by atoms with Gasteiger partial charge in [0.05, 0.1) is 13.7 Å². The zero-order valence-electron chi connectivity index (χ0n) is 15.8. The van der Waals surface area contributed by atoms with E-state index >= 15 is 0 Å². The van der Waals surface area contributed by atoms with E-state index in [0.717, 1.165) is 30.7 Å². The van der Waals surface area contributed by atoms with Gasteiger partial charge < -0.3 is 4.74 Å². The van der Waals surface area contributed by atoms with Gasteiger partial charge in [-0.3, -0.25) is 9.69 Å². The highest BCUT2D eigenvalue weighted by Crippen LogP contribution is 2.39. The van der Waals surface area contributed by atoms with Crippen LogP contribution in [0.25, 0.3) is 0 Å². The number of halogens is 1. The number of ketones is 1. The van der Waals surface area contributed by atoms with Crippen molar-refractivity contribution in [1.82, 2.24) is 4.90 Å². The molecule has 4 heteroatoms. The van der Waals surface area contributed by atoms with E-state index < -0.39 is 0 Å². The summed E-state index contributed by atoms with van der Waals surface area (Å²) in [6.45, 7) is 6.01. The molecule has 140 valence electrons. The normalized spacial score (nSPS) is 23.1. The van der Waals surface area contributed by atoms with Crippen molar-refractivity contribution in [3.05, 3.63) is 65.7 Å². The largest absolute Gasteiger partial charge is 0.497 e. The van der Waals surface area contributed by atoms with Crippen LogP contribution in [-0.4, -0.2) is 36.9 Å². The van der Waals surface area contributed by atoms with E-state index in [4.69, 9.17) is 4.74 Å². The SMILES string of the molecule is Br.COc1cccc(C2(C)CCCN(CC(=O)c3ccccc3)C2C)c1. The van der Waals surface area contributed by atoms with Crippen molar-refractivity contribution in [2.75, 3.05) is 20.2 Å². The predicted octanol–water partition coefficient (Wildman–Crippen LogP) is 4.90. The lowest BCUT2D eigenvalue weighted by Gasteiger charge is -2.47. The Balaban J connectivity index is 0.00000243. The van der Waals surface area contributed by atoms with Crippen LogP contribution in [-0.2, 0) is 5.41 Å². The van der Waals surface area contributed by atoms with Crippen LogP contribution in [0.5, 0.6) is 5.75 Å². The summed E-state index contributed by atoms with van der Waals surface area (Å²) in [5.74, 6) is 1.09. The fraction of sp³-hybridized carbons (Fsp3) is 0.409. The number of methoxy groups -OCH3 is 1. The van der Waals surface area contributed by atoms with E-state index in [1.165, 1.54) is 5.56 Å². The molecule has 26 heavy (non-hydrogen) atoms. The van der Waals surface area contributed by atoms with Gasteiger partial charge in [0, 0.05) is 17.0 Å². The van der Waals surface area contributed by atoms with Crippen LogP contribution in [0.2, 0.25) is 0 Å². The molecule has 1 fully saturated rings. The van der Waals surface area contributed by atoms with Gasteiger partial charge in [-0.2, -0.15) is 0 Å². The Morgan fingerprint density at radius 2 is 1.92 bits per heavy atom. The Bertz CT molecular complexity index is 734. The molecule has 1 heterocycles. The summed E-state index contributed by atoms with van der Waals surface area (Å²) in [5, 5.41) is 0. The Kier molecular flexibility index (Phi) is 7.01. The summed E-state index contributed by atoms with van der Waals surface area (Å²) in [6.07, 6.45) is 2.22. The maximum Gasteiger partial charge on any atom is 0.176 e. The summed E-state index contributed by atoms with van der Waals surface area (Å²) < 4.78 is 5.41. The molecule has 2 aromatic rings. The average Bonchev–Trinajstić information content (AvgIpc) is 2.66. The second kappa shape index (κ2) is 8.83. The molecule has 0 bridgehead atoms. The van der Waals surface area contributed by atoms with Crippen LogP contribution in [0.4, 0.5) is 0 Å². The van der Waals surface area contributed by atoms with E-state index in [0.29, 0.717) is 12.6 Å². The molecule has 0 saturated carbocycles. The summed E-state index contributed by atoms with van der Waals surface area (Å²) in [4.78, 5) is 15.0. The van der Waals surface area contributed by atoms with E-state index in [-0.39, 0.29) is 28.2 Å². The molecule has 0 radical (unpaired) electrons. The van der Waals surface area contributed by atoms with Crippen molar-refractivity contribution in [3.8, 4) is 5.75 Å². The first-order chi connectivity index (χ1) is 12.0. The number of benzene rings is 2. The highest BCUT2D eigenvalue weighted by Gasteiger charge is 2.40. The second-order valence-electron chi connectivity index (χ2n) is 7.19. The molecule has 3 rings (SSSR count). The number of carbonyl (C=O) groups excluding carboxylic acids is 1. The van der Waals surface area contributed by atoms with Gasteiger partial charge in [-0.1, -0.05) is 49.4 Å². The molecule has 1 aliphatic rings. The molecule has 0 amide bonds. The van der Waals surface area contributed by atoms with Crippen LogP contribution in [0.3, 0.4) is 0 Å². The minimum Gasteiger partial charge on any atom is -0.497 e. The van der Waals surface area contributed by atoms with E-state index in [1.807, 2.05) is 36.4 Å². The molecular weight excluding hydrogens is 390 g/mol. The molecule has 2 aromatic carbocycles. The van der Waals surface area contributed by atoms with Crippen molar-refractivity contribution < 1.29 is 9.53 Å². The molecule has 0 spiro atoms. The first kappa shape index (κ1) is 20.7. The minimum atomic E-state index is 0. The lowest BCUT2D eigenvalue weighted by atomic mass is 9.70. The molecular formula is C22H28BrNO2. The molecule has 0 aromatic heterocycles. The maximum absolute atomic E-state index is 12.6. The second-order valence-corrected chi connectivity index (χ2v) is 7.19. The van der Waals surface area contributed by atoms with Gasteiger partial charge in [0.15, 0.2) is 5.78 Å². The number of nitrogens with zero attached hydrogens (tertiary/aromatic N) is 1. The third-order valence-corrected chi connectivity index (χ3v) is 5.78. The zero-order valence-corrected chi connectivity index (χ0v) is 17.5. The van der Waals surface area contributed by atoms with Crippen molar-refractivity contribution in [2.45, 2.75) is 38.1 Å². The number of Topliss-reactive ketones (excluding diaryl/α,β-unsaturated/α-hetero) is 1. The van der Waals surface area contributed by atoms with Gasteiger partial charge in [0.2, 0.25) is 0 Å². The highest BCUT2D eigenvalue weighted by molar-refractivity contribution is 8.93. The quantitative estimate of drug-likeness (QED) is 0.647. The van der Waals surface area contributed by atoms with E-state index in [1.54, 1.807) is 7.11 Å². The number of hydrogen-bond donors (Lipinski definition) is 0.